The van der Waals surface area contributed by atoms with Crippen LogP contribution in [-0.4, -0.2) is 66.5 Å². The number of hydrogen-bond acceptors (Lipinski definition) is 4. The zero-order chi connectivity index (χ0) is 19.0. The first kappa shape index (κ1) is 20.6. The third kappa shape index (κ3) is 6.54. The van der Waals surface area contributed by atoms with E-state index in [2.05, 4.69) is 0 Å². The van der Waals surface area contributed by atoms with E-state index in [9.17, 15) is 14.4 Å². The standard InChI is InChI=1S/C18H26N2O5/c1-13(2)17(23)19(3)11-14-5-7-15(8-6-14)18(24)20(9-10-25-4)12-16(21)22/h5-8,13H,9-12H2,1-4H3,(H,21,22). The van der Waals surface area contributed by atoms with Gasteiger partial charge in [0.1, 0.15) is 6.54 Å². The van der Waals surface area contributed by atoms with Crippen molar-refractivity contribution in [3.63, 3.8) is 0 Å². The van der Waals surface area contributed by atoms with Crippen LogP contribution in [0.1, 0.15) is 29.8 Å². The first-order valence-electron chi connectivity index (χ1n) is 8.10. The third-order valence-electron chi connectivity index (χ3n) is 3.67. The van der Waals surface area contributed by atoms with E-state index in [1.807, 2.05) is 13.8 Å². The summed E-state index contributed by atoms with van der Waals surface area (Å²) in [5.41, 5.74) is 1.30. The number of amides is 2. The molecule has 138 valence electrons. The lowest BCUT2D eigenvalue weighted by atomic mass is 10.1. The van der Waals surface area contributed by atoms with Gasteiger partial charge in [-0.25, -0.2) is 0 Å². The Kier molecular flexibility index (Phi) is 8.07. The van der Waals surface area contributed by atoms with Crippen LogP contribution >= 0.6 is 0 Å². The van der Waals surface area contributed by atoms with Crippen molar-refractivity contribution < 1.29 is 24.2 Å². The SMILES string of the molecule is COCCN(CC(=O)O)C(=O)c1ccc(CN(C)C(=O)C(C)C)cc1. The van der Waals surface area contributed by atoms with Gasteiger partial charge in [0.25, 0.3) is 5.91 Å². The van der Waals surface area contributed by atoms with Gasteiger partial charge in [0.2, 0.25) is 5.91 Å². The van der Waals surface area contributed by atoms with Gasteiger partial charge < -0.3 is 19.6 Å². The van der Waals surface area contributed by atoms with Gasteiger partial charge in [0, 0.05) is 38.7 Å². The molecule has 1 rings (SSSR count). The number of aliphatic carboxylic acids is 1. The number of carboxylic acids is 1. The van der Waals surface area contributed by atoms with Crippen LogP contribution in [0.3, 0.4) is 0 Å². The third-order valence-corrected chi connectivity index (χ3v) is 3.67. The van der Waals surface area contributed by atoms with Crippen molar-refractivity contribution in [3.05, 3.63) is 35.4 Å². The highest BCUT2D eigenvalue weighted by atomic mass is 16.5. The monoisotopic (exact) mass is 350 g/mol. The molecule has 0 aliphatic rings. The predicted octanol–water partition coefficient (Wildman–Crippen LogP) is 1.47. The lowest BCUT2D eigenvalue weighted by Crippen LogP contribution is -2.38. The minimum absolute atomic E-state index is 0.0485. The van der Waals surface area contributed by atoms with E-state index in [1.165, 1.54) is 12.0 Å². The van der Waals surface area contributed by atoms with Gasteiger partial charge in [-0.1, -0.05) is 26.0 Å². The Morgan fingerprint density at radius 2 is 1.76 bits per heavy atom. The van der Waals surface area contributed by atoms with E-state index in [-0.39, 0.29) is 37.4 Å². The van der Waals surface area contributed by atoms with Crippen LogP contribution in [0.25, 0.3) is 0 Å². The lowest BCUT2D eigenvalue weighted by Gasteiger charge is -2.21. The van der Waals surface area contributed by atoms with Crippen LogP contribution in [0.2, 0.25) is 0 Å². The highest BCUT2D eigenvalue weighted by molar-refractivity contribution is 5.95. The molecule has 0 saturated carbocycles. The fourth-order valence-electron chi connectivity index (χ4n) is 2.35. The molecule has 0 spiro atoms. The molecule has 7 nitrogen and oxygen atoms in total. The van der Waals surface area contributed by atoms with E-state index in [1.54, 1.807) is 36.2 Å². The zero-order valence-corrected chi connectivity index (χ0v) is 15.2. The maximum atomic E-state index is 12.5. The summed E-state index contributed by atoms with van der Waals surface area (Å²) in [5.74, 6) is -1.46. The second-order valence-corrected chi connectivity index (χ2v) is 6.16. The second kappa shape index (κ2) is 9.78. The molecule has 0 unspecified atom stereocenters. The highest BCUT2D eigenvalue weighted by Gasteiger charge is 2.19. The smallest absolute Gasteiger partial charge is 0.323 e. The fraction of sp³-hybridized carbons (Fsp3) is 0.500. The Bertz CT molecular complexity index is 598. The van der Waals surface area contributed by atoms with Crippen LogP contribution in [0, 0.1) is 5.92 Å². The molecule has 25 heavy (non-hydrogen) atoms. The quantitative estimate of drug-likeness (QED) is 0.729. The van der Waals surface area contributed by atoms with Gasteiger partial charge in [0.15, 0.2) is 0 Å². The van der Waals surface area contributed by atoms with Gasteiger partial charge in [-0.15, -0.1) is 0 Å². The number of carboxylic acid groups (broad SMARTS) is 1. The average molecular weight is 350 g/mol. The summed E-state index contributed by atoms with van der Waals surface area (Å²) in [4.78, 5) is 38.2. The minimum Gasteiger partial charge on any atom is -0.480 e. The number of carbonyl (C=O) groups is 3. The Hall–Kier alpha value is -2.41. The summed E-state index contributed by atoms with van der Waals surface area (Å²) in [5, 5.41) is 8.95. The second-order valence-electron chi connectivity index (χ2n) is 6.16. The summed E-state index contributed by atoms with van der Waals surface area (Å²) < 4.78 is 4.92. The van der Waals surface area contributed by atoms with E-state index >= 15 is 0 Å². The first-order valence-corrected chi connectivity index (χ1v) is 8.10. The summed E-state index contributed by atoms with van der Waals surface area (Å²) in [6, 6.07) is 6.83. The van der Waals surface area contributed by atoms with Crippen molar-refractivity contribution in [1.82, 2.24) is 9.80 Å². The molecule has 7 heteroatoms. The molecule has 0 saturated heterocycles. The number of methoxy groups -OCH3 is 1. The summed E-state index contributed by atoms with van der Waals surface area (Å²) >= 11 is 0. The Morgan fingerprint density at radius 3 is 2.24 bits per heavy atom. The molecule has 0 aliphatic carbocycles. The summed E-state index contributed by atoms with van der Waals surface area (Å²) in [6.07, 6.45) is 0. The average Bonchev–Trinajstić information content (AvgIpc) is 2.57. The number of benzene rings is 1. The molecule has 0 fully saturated rings. The molecular weight excluding hydrogens is 324 g/mol. The number of carbonyl (C=O) groups excluding carboxylic acids is 2. The number of hydrogen-bond donors (Lipinski definition) is 1. The molecule has 0 radical (unpaired) electrons. The van der Waals surface area contributed by atoms with Gasteiger partial charge in [0.05, 0.1) is 6.61 Å². The minimum atomic E-state index is -1.07. The van der Waals surface area contributed by atoms with Crippen LogP contribution in [0.4, 0.5) is 0 Å². The first-order chi connectivity index (χ1) is 11.8. The molecule has 0 aliphatic heterocycles. The molecule has 0 heterocycles. The Balaban J connectivity index is 2.80. The van der Waals surface area contributed by atoms with Crippen molar-refractivity contribution in [3.8, 4) is 0 Å². The largest absolute Gasteiger partial charge is 0.480 e. The van der Waals surface area contributed by atoms with Crippen LogP contribution in [0.15, 0.2) is 24.3 Å². The normalized spacial score (nSPS) is 10.6. The molecule has 0 bridgehead atoms. The number of ether oxygens (including phenoxy) is 1. The highest BCUT2D eigenvalue weighted by Crippen LogP contribution is 2.11. The van der Waals surface area contributed by atoms with E-state index in [0.717, 1.165) is 5.56 Å². The molecular formula is C18H26N2O5. The van der Waals surface area contributed by atoms with Crippen LogP contribution in [0.5, 0.6) is 0 Å². The topological polar surface area (TPSA) is 87.2 Å². The number of nitrogens with zero attached hydrogens (tertiary/aromatic N) is 2. The summed E-state index contributed by atoms with van der Waals surface area (Å²) in [6.45, 7) is 4.23. The van der Waals surface area contributed by atoms with Gasteiger partial charge in [-0.2, -0.15) is 0 Å². The maximum Gasteiger partial charge on any atom is 0.323 e. The van der Waals surface area contributed by atoms with Gasteiger partial charge in [-0.05, 0) is 17.7 Å². The van der Waals surface area contributed by atoms with Crippen molar-refractivity contribution in [2.75, 3.05) is 33.9 Å². The van der Waals surface area contributed by atoms with Crippen LogP contribution in [-0.2, 0) is 20.9 Å². The van der Waals surface area contributed by atoms with Crippen molar-refractivity contribution in [1.29, 1.82) is 0 Å². The van der Waals surface area contributed by atoms with E-state index in [4.69, 9.17) is 9.84 Å². The lowest BCUT2D eigenvalue weighted by molar-refractivity contribution is -0.138. The molecule has 0 aromatic heterocycles. The Labute approximate surface area is 148 Å². The van der Waals surface area contributed by atoms with Crippen LogP contribution < -0.4 is 0 Å². The molecule has 1 aromatic rings. The van der Waals surface area contributed by atoms with Crippen molar-refractivity contribution >= 4 is 17.8 Å². The van der Waals surface area contributed by atoms with Crippen molar-refractivity contribution in [2.24, 2.45) is 5.92 Å². The molecule has 1 N–H and O–H groups in total. The zero-order valence-electron chi connectivity index (χ0n) is 15.2. The molecule has 1 aromatic carbocycles. The van der Waals surface area contributed by atoms with Gasteiger partial charge >= 0.3 is 5.97 Å². The predicted molar refractivity (Wildman–Crippen MR) is 93.2 cm³/mol. The summed E-state index contributed by atoms with van der Waals surface area (Å²) in [7, 11) is 3.23. The van der Waals surface area contributed by atoms with Gasteiger partial charge in [-0.3, -0.25) is 14.4 Å². The number of rotatable bonds is 9. The van der Waals surface area contributed by atoms with E-state index < -0.39 is 5.97 Å². The van der Waals surface area contributed by atoms with Crippen molar-refractivity contribution in [2.45, 2.75) is 20.4 Å². The van der Waals surface area contributed by atoms with E-state index in [0.29, 0.717) is 12.1 Å². The fourth-order valence-corrected chi connectivity index (χ4v) is 2.35. The molecule has 0 atom stereocenters. The molecule has 2 amide bonds. The Morgan fingerprint density at radius 1 is 1.16 bits per heavy atom. The maximum absolute atomic E-state index is 12.5.